The number of carbonyl (C=O) groups is 1. The Morgan fingerprint density at radius 2 is 1.75 bits per heavy atom. The van der Waals surface area contributed by atoms with Crippen LogP contribution in [-0.4, -0.2) is 17.7 Å². The van der Waals surface area contributed by atoms with Crippen molar-refractivity contribution in [1.29, 1.82) is 0 Å². The van der Waals surface area contributed by atoms with Crippen molar-refractivity contribution >= 4 is 40.5 Å². The van der Waals surface area contributed by atoms with E-state index in [0.29, 0.717) is 33.3 Å². The normalized spacial score (nSPS) is 10.4. The highest BCUT2D eigenvalue weighted by molar-refractivity contribution is 6.37. The first kappa shape index (κ1) is 19.9. The van der Waals surface area contributed by atoms with Crippen LogP contribution in [0.25, 0.3) is 0 Å². The monoisotopic (exact) mass is 416 g/mol. The molecule has 5 nitrogen and oxygen atoms in total. The van der Waals surface area contributed by atoms with Gasteiger partial charge in [-0.1, -0.05) is 41.4 Å². The first-order chi connectivity index (χ1) is 13.5. The van der Waals surface area contributed by atoms with E-state index in [2.05, 4.69) is 10.6 Å². The standard InChI is InChI=1S/C21H18Cl2N2O3/c1-13-17(22)11-18(20(26)19(13)23)24-12-28-16-9-7-15(8-10-16)25-21(27)14-5-3-2-4-6-14/h2-11,24,26H,12H2,1H3,(H,25,27). The molecule has 0 aliphatic heterocycles. The van der Waals surface area contributed by atoms with E-state index in [-0.39, 0.29) is 23.4 Å². The average Bonchev–Trinajstić information content (AvgIpc) is 2.72. The fourth-order valence-corrected chi connectivity index (χ4v) is 2.92. The molecule has 0 saturated heterocycles. The Morgan fingerprint density at radius 1 is 1.07 bits per heavy atom. The Morgan fingerprint density at radius 3 is 2.43 bits per heavy atom. The molecular weight excluding hydrogens is 399 g/mol. The maximum atomic E-state index is 12.1. The summed E-state index contributed by atoms with van der Waals surface area (Å²) in [5.74, 6) is 0.333. The van der Waals surface area contributed by atoms with Gasteiger partial charge in [0.2, 0.25) is 0 Å². The number of rotatable bonds is 6. The van der Waals surface area contributed by atoms with E-state index in [1.165, 1.54) is 0 Å². The van der Waals surface area contributed by atoms with E-state index < -0.39 is 0 Å². The van der Waals surface area contributed by atoms with Crippen molar-refractivity contribution in [2.75, 3.05) is 17.4 Å². The van der Waals surface area contributed by atoms with Gasteiger partial charge in [-0.25, -0.2) is 0 Å². The summed E-state index contributed by atoms with van der Waals surface area (Å²) in [4.78, 5) is 12.1. The number of hydrogen-bond donors (Lipinski definition) is 3. The molecule has 0 aliphatic rings. The van der Waals surface area contributed by atoms with Crippen LogP contribution in [0.3, 0.4) is 0 Å². The number of halogens is 2. The summed E-state index contributed by atoms with van der Waals surface area (Å²) in [6.07, 6.45) is 0. The number of aromatic hydroxyl groups is 1. The second-order valence-corrected chi connectivity index (χ2v) is 6.79. The van der Waals surface area contributed by atoms with Crippen LogP contribution in [0, 0.1) is 6.92 Å². The molecule has 144 valence electrons. The van der Waals surface area contributed by atoms with E-state index in [4.69, 9.17) is 27.9 Å². The van der Waals surface area contributed by atoms with E-state index in [9.17, 15) is 9.90 Å². The van der Waals surface area contributed by atoms with Gasteiger partial charge in [0, 0.05) is 16.3 Å². The van der Waals surface area contributed by atoms with Crippen molar-refractivity contribution in [2.45, 2.75) is 6.92 Å². The Bertz CT molecular complexity index is 977. The topological polar surface area (TPSA) is 70.6 Å². The molecule has 7 heteroatoms. The lowest BCUT2D eigenvalue weighted by Gasteiger charge is -2.13. The average molecular weight is 417 g/mol. The van der Waals surface area contributed by atoms with Gasteiger partial charge in [-0.05, 0) is 55.0 Å². The lowest BCUT2D eigenvalue weighted by molar-refractivity contribution is 0.102. The highest BCUT2D eigenvalue weighted by Gasteiger charge is 2.12. The molecule has 3 rings (SSSR count). The molecule has 3 N–H and O–H groups in total. The number of amides is 1. The van der Waals surface area contributed by atoms with Gasteiger partial charge in [-0.2, -0.15) is 0 Å². The van der Waals surface area contributed by atoms with Gasteiger partial charge in [0.1, 0.15) is 5.75 Å². The Kier molecular flexibility index (Phi) is 6.29. The van der Waals surface area contributed by atoms with Crippen molar-refractivity contribution in [3.8, 4) is 11.5 Å². The molecule has 3 aromatic carbocycles. The Labute approximate surface area is 172 Å². The minimum absolute atomic E-state index is 0.0776. The summed E-state index contributed by atoms with van der Waals surface area (Å²) in [6.45, 7) is 1.82. The number of hydrogen-bond acceptors (Lipinski definition) is 4. The van der Waals surface area contributed by atoms with E-state index in [1.807, 2.05) is 18.2 Å². The quantitative estimate of drug-likeness (QED) is 0.355. The third-order valence-electron chi connectivity index (χ3n) is 4.07. The van der Waals surface area contributed by atoms with Crippen LogP contribution in [0.15, 0.2) is 60.7 Å². The molecule has 0 radical (unpaired) electrons. The molecular formula is C21H18Cl2N2O3. The van der Waals surface area contributed by atoms with Gasteiger partial charge in [-0.15, -0.1) is 0 Å². The maximum absolute atomic E-state index is 12.1. The summed E-state index contributed by atoms with van der Waals surface area (Å²) < 4.78 is 5.60. The molecule has 0 fully saturated rings. The molecule has 0 aliphatic carbocycles. The van der Waals surface area contributed by atoms with Crippen LogP contribution in [0.1, 0.15) is 15.9 Å². The number of nitrogens with one attached hydrogen (secondary N) is 2. The molecule has 0 unspecified atom stereocenters. The van der Waals surface area contributed by atoms with E-state index in [0.717, 1.165) is 0 Å². The number of ether oxygens (including phenoxy) is 1. The fourth-order valence-electron chi connectivity index (χ4n) is 2.46. The Hall–Kier alpha value is -2.89. The summed E-state index contributed by atoms with van der Waals surface area (Å²) in [5.41, 5.74) is 2.24. The van der Waals surface area contributed by atoms with Crippen LogP contribution >= 0.6 is 23.2 Å². The van der Waals surface area contributed by atoms with Crippen LogP contribution in [-0.2, 0) is 0 Å². The molecule has 0 atom stereocenters. The van der Waals surface area contributed by atoms with Gasteiger partial charge < -0.3 is 20.5 Å². The van der Waals surface area contributed by atoms with Crippen LogP contribution < -0.4 is 15.4 Å². The molecule has 0 spiro atoms. The molecule has 3 aromatic rings. The van der Waals surface area contributed by atoms with Gasteiger partial charge in [0.25, 0.3) is 5.91 Å². The predicted molar refractivity (Wildman–Crippen MR) is 113 cm³/mol. The van der Waals surface area contributed by atoms with E-state index in [1.54, 1.807) is 49.4 Å². The first-order valence-corrected chi connectivity index (χ1v) is 9.22. The first-order valence-electron chi connectivity index (χ1n) is 8.46. The number of phenols is 1. The number of carbonyl (C=O) groups excluding carboxylic acids is 1. The lowest BCUT2D eigenvalue weighted by atomic mass is 10.2. The maximum Gasteiger partial charge on any atom is 0.255 e. The minimum Gasteiger partial charge on any atom is -0.504 e. The number of anilines is 2. The van der Waals surface area contributed by atoms with Crippen molar-refractivity contribution in [1.82, 2.24) is 0 Å². The third-order valence-corrected chi connectivity index (χ3v) is 4.93. The zero-order valence-electron chi connectivity index (χ0n) is 15.0. The highest BCUT2D eigenvalue weighted by atomic mass is 35.5. The van der Waals surface area contributed by atoms with Crippen molar-refractivity contribution < 1.29 is 14.6 Å². The summed E-state index contributed by atoms with van der Waals surface area (Å²) in [5, 5.41) is 16.5. The molecule has 1 amide bonds. The largest absolute Gasteiger partial charge is 0.504 e. The smallest absolute Gasteiger partial charge is 0.255 e. The molecule has 28 heavy (non-hydrogen) atoms. The van der Waals surface area contributed by atoms with Crippen molar-refractivity contribution in [2.24, 2.45) is 0 Å². The van der Waals surface area contributed by atoms with Gasteiger partial charge >= 0.3 is 0 Å². The summed E-state index contributed by atoms with van der Waals surface area (Å²) in [6, 6.07) is 17.5. The van der Waals surface area contributed by atoms with Gasteiger partial charge in [0.05, 0.1) is 10.7 Å². The van der Waals surface area contributed by atoms with Crippen LogP contribution in [0.4, 0.5) is 11.4 Å². The SMILES string of the molecule is Cc1c(Cl)cc(NCOc2ccc(NC(=O)c3ccccc3)cc2)c(O)c1Cl. The molecule has 0 bridgehead atoms. The summed E-state index contributed by atoms with van der Waals surface area (Å²) in [7, 11) is 0. The molecule has 0 heterocycles. The van der Waals surface area contributed by atoms with E-state index >= 15 is 0 Å². The second kappa shape index (κ2) is 8.87. The predicted octanol–water partition coefficient (Wildman–Crippen LogP) is 5.71. The van der Waals surface area contributed by atoms with Gasteiger partial charge in [-0.3, -0.25) is 4.79 Å². The third kappa shape index (κ3) is 4.68. The van der Waals surface area contributed by atoms with Crippen LogP contribution in [0.5, 0.6) is 11.5 Å². The number of benzene rings is 3. The van der Waals surface area contributed by atoms with Gasteiger partial charge in [0.15, 0.2) is 12.5 Å². The zero-order valence-corrected chi connectivity index (χ0v) is 16.5. The number of phenolic OH excluding ortho intramolecular Hbond substituents is 1. The minimum atomic E-state index is -0.181. The molecule has 0 aromatic heterocycles. The zero-order chi connectivity index (χ0) is 20.1. The van der Waals surface area contributed by atoms with Crippen molar-refractivity contribution in [3.63, 3.8) is 0 Å². The Balaban J connectivity index is 1.56. The van der Waals surface area contributed by atoms with Crippen LogP contribution in [0.2, 0.25) is 10.0 Å². The second-order valence-electron chi connectivity index (χ2n) is 6.00. The lowest BCUT2D eigenvalue weighted by Crippen LogP contribution is -2.12. The molecule has 0 saturated carbocycles. The summed E-state index contributed by atoms with van der Waals surface area (Å²) >= 11 is 12.1. The highest BCUT2D eigenvalue weighted by Crippen LogP contribution is 2.38. The van der Waals surface area contributed by atoms with Crippen molar-refractivity contribution in [3.05, 3.63) is 81.8 Å². The fraction of sp³-hybridized carbons (Fsp3) is 0.0952.